The second kappa shape index (κ2) is 7.63. The monoisotopic (exact) mass is 422 g/mol. The Morgan fingerprint density at radius 2 is 1.41 bits per heavy atom. The van der Waals surface area contributed by atoms with Gasteiger partial charge in [-0.1, -0.05) is 54.6 Å². The third kappa shape index (κ3) is 2.97. The molecule has 3 aromatic carbocycles. The highest BCUT2D eigenvalue weighted by atomic mass is 16.2. The molecule has 32 heavy (non-hydrogen) atoms. The summed E-state index contributed by atoms with van der Waals surface area (Å²) < 4.78 is 0. The summed E-state index contributed by atoms with van der Waals surface area (Å²) in [5, 5.41) is 3.63. The lowest BCUT2D eigenvalue weighted by Crippen LogP contribution is -2.36. The molecule has 6 rings (SSSR count). The van der Waals surface area contributed by atoms with Crippen molar-refractivity contribution in [3.8, 4) is 0 Å². The molecule has 4 heteroatoms. The van der Waals surface area contributed by atoms with Crippen LogP contribution in [0.1, 0.15) is 80.7 Å². The van der Waals surface area contributed by atoms with Gasteiger partial charge in [-0.05, 0) is 72.9 Å². The molecule has 0 saturated heterocycles. The molecule has 0 unspecified atom stereocenters. The summed E-state index contributed by atoms with van der Waals surface area (Å²) in [7, 11) is 0. The number of anilines is 1. The molecule has 1 N–H and O–H groups in total. The maximum Gasteiger partial charge on any atom is 0.264 e. The van der Waals surface area contributed by atoms with E-state index in [4.69, 9.17) is 0 Å². The van der Waals surface area contributed by atoms with Gasteiger partial charge in [-0.2, -0.15) is 0 Å². The normalized spacial score (nSPS) is 21.7. The van der Waals surface area contributed by atoms with Gasteiger partial charge in [-0.25, -0.2) is 0 Å². The molecular formula is C28H26N2O2. The molecule has 2 atom stereocenters. The number of nitrogens with one attached hydrogen (secondary N) is 1. The van der Waals surface area contributed by atoms with Gasteiger partial charge >= 0.3 is 0 Å². The van der Waals surface area contributed by atoms with E-state index >= 15 is 0 Å². The van der Waals surface area contributed by atoms with Crippen LogP contribution in [0, 0.1) is 0 Å². The largest absolute Gasteiger partial charge is 0.378 e. The molecular weight excluding hydrogens is 396 g/mol. The molecule has 1 heterocycles. The van der Waals surface area contributed by atoms with E-state index in [-0.39, 0.29) is 23.9 Å². The maximum atomic E-state index is 13.7. The number of hydrogen-bond acceptors (Lipinski definition) is 3. The predicted octanol–water partition coefficient (Wildman–Crippen LogP) is 5.85. The quantitative estimate of drug-likeness (QED) is 0.539. The number of benzene rings is 3. The van der Waals surface area contributed by atoms with Gasteiger partial charge in [0.2, 0.25) is 0 Å². The van der Waals surface area contributed by atoms with E-state index in [0.29, 0.717) is 11.1 Å². The minimum atomic E-state index is -0.185. The fraction of sp³-hybridized carbons (Fsp3) is 0.286. The van der Waals surface area contributed by atoms with Gasteiger partial charge in [0.15, 0.2) is 0 Å². The van der Waals surface area contributed by atoms with E-state index in [2.05, 4.69) is 41.7 Å². The Balaban J connectivity index is 1.36. The Bertz CT molecular complexity index is 1230. The van der Waals surface area contributed by atoms with Gasteiger partial charge < -0.3 is 5.32 Å². The lowest BCUT2D eigenvalue weighted by Gasteiger charge is -2.32. The van der Waals surface area contributed by atoms with E-state index < -0.39 is 0 Å². The Kier molecular flexibility index (Phi) is 4.60. The zero-order valence-corrected chi connectivity index (χ0v) is 18.0. The third-order valence-corrected chi connectivity index (χ3v) is 7.29. The summed E-state index contributed by atoms with van der Waals surface area (Å²) in [4.78, 5) is 28.6. The van der Waals surface area contributed by atoms with Crippen LogP contribution in [0.2, 0.25) is 0 Å². The highest BCUT2D eigenvalue weighted by molar-refractivity contribution is 6.24. The van der Waals surface area contributed by atoms with Gasteiger partial charge in [0.1, 0.15) is 0 Å². The van der Waals surface area contributed by atoms with Crippen molar-refractivity contribution in [1.29, 1.82) is 0 Å². The van der Waals surface area contributed by atoms with Crippen LogP contribution in [0.25, 0.3) is 0 Å². The number of hydrogen-bond donors (Lipinski definition) is 1. The summed E-state index contributed by atoms with van der Waals surface area (Å²) in [5.41, 5.74) is 6.85. The predicted molar refractivity (Wildman–Crippen MR) is 125 cm³/mol. The van der Waals surface area contributed by atoms with Crippen molar-refractivity contribution >= 4 is 17.5 Å². The Morgan fingerprint density at radius 3 is 2.22 bits per heavy atom. The molecule has 0 saturated carbocycles. The average molecular weight is 423 g/mol. The first-order valence-corrected chi connectivity index (χ1v) is 11.7. The summed E-state index contributed by atoms with van der Waals surface area (Å²) in [6, 6.07) is 22.3. The van der Waals surface area contributed by atoms with Crippen molar-refractivity contribution in [1.82, 2.24) is 4.90 Å². The summed E-state index contributed by atoms with van der Waals surface area (Å²) in [6.07, 6.45) is 6.03. The van der Waals surface area contributed by atoms with Crippen molar-refractivity contribution < 1.29 is 9.59 Å². The molecule has 160 valence electrons. The van der Waals surface area contributed by atoms with Crippen LogP contribution < -0.4 is 5.32 Å². The molecule has 0 aromatic heterocycles. The molecule has 0 fully saturated rings. The summed E-state index contributed by atoms with van der Waals surface area (Å²) in [5.74, 6) is -0.335. The fourth-order valence-corrected chi connectivity index (χ4v) is 5.79. The van der Waals surface area contributed by atoms with Crippen molar-refractivity contribution in [3.05, 3.63) is 100 Å². The fourth-order valence-electron chi connectivity index (χ4n) is 5.79. The molecule has 2 aliphatic carbocycles. The zero-order chi connectivity index (χ0) is 21.7. The Morgan fingerprint density at radius 1 is 0.719 bits per heavy atom. The van der Waals surface area contributed by atoms with Gasteiger partial charge in [0, 0.05) is 5.69 Å². The van der Waals surface area contributed by atoms with E-state index in [0.717, 1.165) is 49.8 Å². The molecule has 0 spiro atoms. The number of nitrogens with zero attached hydrogens (tertiary/aromatic N) is 1. The van der Waals surface area contributed by atoms with E-state index in [1.165, 1.54) is 21.6 Å². The van der Waals surface area contributed by atoms with Crippen molar-refractivity contribution in [2.24, 2.45) is 0 Å². The van der Waals surface area contributed by atoms with Crippen LogP contribution in [0.5, 0.6) is 0 Å². The van der Waals surface area contributed by atoms with Crippen LogP contribution in [-0.4, -0.2) is 16.7 Å². The lowest BCUT2D eigenvalue weighted by molar-refractivity contribution is 0.0567. The van der Waals surface area contributed by atoms with Crippen LogP contribution in [-0.2, 0) is 12.8 Å². The SMILES string of the molecule is O=C1c2cccc(N[C@@H]3CCCc4ccccc43)c2C(=O)N1[C@@H]1CCCc2ccccc21. The van der Waals surface area contributed by atoms with Gasteiger partial charge in [0.05, 0.1) is 23.2 Å². The highest BCUT2D eigenvalue weighted by Gasteiger charge is 2.43. The minimum Gasteiger partial charge on any atom is -0.378 e. The molecule has 0 bridgehead atoms. The lowest BCUT2D eigenvalue weighted by atomic mass is 9.87. The molecule has 4 nitrogen and oxygen atoms in total. The van der Waals surface area contributed by atoms with Gasteiger partial charge in [-0.3, -0.25) is 14.5 Å². The standard InChI is InChI=1S/C28H26N2O2/c31-27-22-14-7-16-24(29-23-15-5-10-18-8-1-3-12-20(18)23)26(22)28(32)30(27)25-17-6-11-19-9-2-4-13-21(19)25/h1-4,7-9,12-14,16,23,25,29H,5-6,10-11,15,17H2/t23-,25-/m1/s1. The number of amides is 2. The molecule has 2 amide bonds. The molecule has 0 radical (unpaired) electrons. The van der Waals surface area contributed by atoms with Crippen molar-refractivity contribution in [2.75, 3.05) is 5.32 Å². The Hall–Kier alpha value is -3.40. The summed E-state index contributed by atoms with van der Waals surface area (Å²) >= 11 is 0. The number of carbonyl (C=O) groups excluding carboxylic acids is 2. The molecule has 3 aromatic rings. The minimum absolute atomic E-state index is 0.152. The van der Waals surface area contributed by atoms with E-state index in [1.54, 1.807) is 6.07 Å². The molecule has 1 aliphatic heterocycles. The number of rotatable bonds is 3. The van der Waals surface area contributed by atoms with Crippen molar-refractivity contribution in [3.63, 3.8) is 0 Å². The van der Waals surface area contributed by atoms with Gasteiger partial charge in [-0.15, -0.1) is 0 Å². The summed E-state index contributed by atoms with van der Waals surface area (Å²) in [6.45, 7) is 0. The first-order valence-electron chi connectivity index (χ1n) is 11.7. The third-order valence-electron chi connectivity index (χ3n) is 7.29. The van der Waals surface area contributed by atoms with Crippen LogP contribution in [0.4, 0.5) is 5.69 Å². The topological polar surface area (TPSA) is 49.4 Å². The van der Waals surface area contributed by atoms with Crippen LogP contribution in [0.15, 0.2) is 66.7 Å². The number of imide groups is 1. The smallest absolute Gasteiger partial charge is 0.264 e. The Labute approximate surface area is 188 Å². The first-order chi connectivity index (χ1) is 15.7. The number of carbonyl (C=O) groups is 2. The highest BCUT2D eigenvalue weighted by Crippen LogP contribution is 2.42. The van der Waals surface area contributed by atoms with Crippen LogP contribution >= 0.6 is 0 Å². The molecule has 3 aliphatic rings. The van der Waals surface area contributed by atoms with E-state index in [9.17, 15) is 9.59 Å². The van der Waals surface area contributed by atoms with Crippen LogP contribution in [0.3, 0.4) is 0 Å². The maximum absolute atomic E-state index is 13.7. The number of fused-ring (bicyclic) bond motifs is 3. The van der Waals surface area contributed by atoms with E-state index in [1.807, 2.05) is 24.3 Å². The zero-order valence-electron chi connectivity index (χ0n) is 18.0. The van der Waals surface area contributed by atoms with Crippen molar-refractivity contribution in [2.45, 2.75) is 50.6 Å². The van der Waals surface area contributed by atoms with Gasteiger partial charge in [0.25, 0.3) is 11.8 Å². The second-order valence-electron chi connectivity index (χ2n) is 9.10. The average Bonchev–Trinajstić information content (AvgIpc) is 3.09. The second-order valence-corrected chi connectivity index (χ2v) is 9.10. The number of aryl methyl sites for hydroxylation is 2. The first kappa shape index (κ1) is 19.3.